The molecule has 1 N–H and O–H groups in total. The van der Waals surface area contributed by atoms with Crippen molar-refractivity contribution >= 4 is 8.69 Å². The summed E-state index contributed by atoms with van der Waals surface area (Å²) in [5.74, 6) is 0. The second kappa shape index (κ2) is 6.88. The highest BCUT2D eigenvalue weighted by Gasteiger charge is 1.91. The molecular weight excluding hydrogens is 207 g/mol. The van der Waals surface area contributed by atoms with Crippen molar-refractivity contribution < 1.29 is 9.46 Å². The van der Waals surface area contributed by atoms with Crippen LogP contribution in [-0.2, 0) is 4.57 Å². The Morgan fingerprint density at radius 1 is 0.733 bits per heavy atom. The number of hydrogen-bond donors (Lipinski definition) is 1. The molecule has 15 heavy (non-hydrogen) atoms. The summed E-state index contributed by atoms with van der Waals surface area (Å²) in [5, 5.41) is 0. The van der Waals surface area contributed by atoms with Gasteiger partial charge in [0.1, 0.15) is 0 Å². The first-order chi connectivity index (χ1) is 7.38. The van der Waals surface area contributed by atoms with Crippen molar-refractivity contribution in [1.82, 2.24) is 0 Å². The Morgan fingerprint density at radius 2 is 1.00 bits per heavy atom. The van der Waals surface area contributed by atoms with E-state index in [1.165, 1.54) is 11.1 Å². The van der Waals surface area contributed by atoms with Crippen LogP contribution in [0.5, 0.6) is 0 Å². The van der Waals surface area contributed by atoms with Crippen LogP contribution in [0, 0.1) is 0 Å². The summed E-state index contributed by atoms with van der Waals surface area (Å²) < 4.78 is 8.51. The Bertz CT molecular complexity index is 349. The molecule has 0 aliphatic heterocycles. The van der Waals surface area contributed by atoms with Crippen molar-refractivity contribution in [2.45, 2.75) is 0 Å². The summed E-state index contributed by atoms with van der Waals surface area (Å²) in [7, 11) is -1.17. The van der Waals surface area contributed by atoms with Crippen LogP contribution in [0.3, 0.4) is 0 Å². The smallest absolute Gasteiger partial charge is 0.162 e. The molecule has 0 radical (unpaired) electrons. The minimum absolute atomic E-state index is 1.17. The average molecular weight is 219 g/mol. The van der Waals surface area contributed by atoms with Crippen LogP contribution in [0.1, 0.15) is 0 Å². The lowest BCUT2D eigenvalue weighted by Gasteiger charge is -1.98. The largest absolute Gasteiger partial charge is 0.491 e. The van der Waals surface area contributed by atoms with Crippen molar-refractivity contribution in [3.05, 3.63) is 60.7 Å². The van der Waals surface area contributed by atoms with E-state index in [9.17, 15) is 0 Å². The molecular formula is C12H12O2P+. The first-order valence-electron chi connectivity index (χ1n) is 4.50. The van der Waals surface area contributed by atoms with E-state index in [0.29, 0.717) is 0 Å². The van der Waals surface area contributed by atoms with E-state index in [1.54, 1.807) is 0 Å². The van der Waals surface area contributed by atoms with Crippen LogP contribution >= 0.6 is 8.69 Å². The molecule has 1 atom stereocenters. The normalized spacial score (nSPS) is 9.13. The van der Waals surface area contributed by atoms with Gasteiger partial charge in [-0.2, -0.15) is 4.89 Å². The average Bonchev–Trinajstić information content (AvgIpc) is 2.32. The zero-order valence-corrected chi connectivity index (χ0v) is 9.13. The zero-order chi connectivity index (χ0) is 10.9. The van der Waals surface area contributed by atoms with Crippen molar-refractivity contribution in [3.63, 3.8) is 0 Å². The van der Waals surface area contributed by atoms with E-state index in [-0.39, 0.29) is 0 Å². The van der Waals surface area contributed by atoms with Crippen LogP contribution in [0.15, 0.2) is 60.7 Å². The molecule has 76 valence electrons. The standard InChI is InChI=1S/C12H10.HO2P/c1-3-7-11(8-4-1)12-9-5-2-6-10-12;1-3-2/h1-10H;3H/p+1. The maximum atomic E-state index is 8.51. The second-order valence-corrected chi connectivity index (χ2v) is 3.01. The van der Waals surface area contributed by atoms with Crippen molar-refractivity contribution in [1.29, 1.82) is 0 Å². The molecule has 2 rings (SSSR count). The molecule has 0 bridgehead atoms. The highest BCUT2D eigenvalue weighted by Crippen LogP contribution is 2.17. The Kier molecular flexibility index (Phi) is 5.31. The van der Waals surface area contributed by atoms with Crippen LogP contribution in [0.4, 0.5) is 0 Å². The van der Waals surface area contributed by atoms with E-state index >= 15 is 0 Å². The monoisotopic (exact) mass is 219 g/mol. The van der Waals surface area contributed by atoms with E-state index in [1.807, 2.05) is 12.1 Å². The molecule has 1 unspecified atom stereocenters. The Labute approximate surface area is 90.5 Å². The predicted octanol–water partition coefficient (Wildman–Crippen LogP) is 3.27. The van der Waals surface area contributed by atoms with Gasteiger partial charge >= 0.3 is 8.69 Å². The van der Waals surface area contributed by atoms with Crippen molar-refractivity contribution in [2.75, 3.05) is 0 Å². The Balaban J connectivity index is 0.000000337. The maximum Gasteiger partial charge on any atom is 0.491 e. The van der Waals surface area contributed by atoms with E-state index in [4.69, 9.17) is 9.46 Å². The second-order valence-electron chi connectivity index (χ2n) is 2.82. The number of rotatable bonds is 1. The van der Waals surface area contributed by atoms with Gasteiger partial charge in [-0.25, -0.2) is 0 Å². The fraction of sp³-hybridized carbons (Fsp3) is 0. The lowest BCUT2D eigenvalue weighted by atomic mass is 10.1. The third kappa shape index (κ3) is 4.03. The van der Waals surface area contributed by atoms with Gasteiger partial charge in [-0.3, -0.25) is 0 Å². The quantitative estimate of drug-likeness (QED) is 0.747. The first-order valence-corrected chi connectivity index (χ1v) is 5.35. The summed E-state index contributed by atoms with van der Waals surface area (Å²) in [4.78, 5) is 7.04. The van der Waals surface area contributed by atoms with Gasteiger partial charge in [-0.1, -0.05) is 60.7 Å². The highest BCUT2D eigenvalue weighted by molar-refractivity contribution is 7.16. The van der Waals surface area contributed by atoms with Crippen LogP contribution in [-0.4, -0.2) is 4.89 Å². The van der Waals surface area contributed by atoms with E-state index < -0.39 is 8.69 Å². The number of hydrogen-bond acceptors (Lipinski definition) is 1. The van der Waals surface area contributed by atoms with Crippen LogP contribution in [0.2, 0.25) is 0 Å². The van der Waals surface area contributed by atoms with E-state index in [2.05, 4.69) is 48.5 Å². The van der Waals surface area contributed by atoms with E-state index in [0.717, 1.165) is 0 Å². The summed E-state index contributed by atoms with van der Waals surface area (Å²) >= 11 is 0. The van der Waals surface area contributed by atoms with Gasteiger partial charge in [0.15, 0.2) is 0 Å². The minimum Gasteiger partial charge on any atom is -0.162 e. The van der Waals surface area contributed by atoms with Crippen molar-refractivity contribution in [2.24, 2.45) is 0 Å². The zero-order valence-electron chi connectivity index (χ0n) is 8.13. The molecule has 2 aromatic rings. The van der Waals surface area contributed by atoms with Gasteiger partial charge in [0.2, 0.25) is 0 Å². The molecule has 0 aromatic heterocycles. The summed E-state index contributed by atoms with van der Waals surface area (Å²) in [5.41, 5.74) is 2.55. The molecule has 3 heteroatoms. The maximum absolute atomic E-state index is 8.51. The Hall–Kier alpha value is -1.50. The summed E-state index contributed by atoms with van der Waals surface area (Å²) in [6.45, 7) is 0. The molecule has 0 saturated heterocycles. The lowest BCUT2D eigenvalue weighted by Crippen LogP contribution is -1.73. The van der Waals surface area contributed by atoms with Crippen LogP contribution < -0.4 is 0 Å². The third-order valence-electron chi connectivity index (χ3n) is 1.88. The topological polar surface area (TPSA) is 37.3 Å². The number of benzene rings is 2. The fourth-order valence-electron chi connectivity index (χ4n) is 1.26. The lowest BCUT2D eigenvalue weighted by molar-refractivity contribution is 0.524. The summed E-state index contributed by atoms with van der Waals surface area (Å²) in [6, 6.07) is 20.8. The SMILES string of the molecule is O=[PH+]O.c1ccc(-c2ccccc2)cc1. The molecule has 2 nitrogen and oxygen atoms in total. The first kappa shape index (κ1) is 11.6. The van der Waals surface area contributed by atoms with Gasteiger partial charge in [-0.05, 0) is 15.7 Å². The molecule has 0 amide bonds. The summed E-state index contributed by atoms with van der Waals surface area (Å²) in [6.07, 6.45) is 0. The predicted molar refractivity (Wildman–Crippen MR) is 63.1 cm³/mol. The fourth-order valence-corrected chi connectivity index (χ4v) is 1.26. The third-order valence-corrected chi connectivity index (χ3v) is 1.88. The van der Waals surface area contributed by atoms with Gasteiger partial charge < -0.3 is 0 Å². The van der Waals surface area contributed by atoms with Gasteiger partial charge in [0.25, 0.3) is 0 Å². The van der Waals surface area contributed by atoms with Gasteiger partial charge in [-0.15, -0.1) is 0 Å². The Morgan fingerprint density at radius 3 is 1.27 bits per heavy atom. The minimum atomic E-state index is -1.17. The highest BCUT2D eigenvalue weighted by atomic mass is 31.1. The molecule has 0 heterocycles. The van der Waals surface area contributed by atoms with Gasteiger partial charge in [0, 0.05) is 0 Å². The molecule has 2 aromatic carbocycles. The molecule has 0 saturated carbocycles. The van der Waals surface area contributed by atoms with Crippen LogP contribution in [0.25, 0.3) is 11.1 Å². The molecule has 0 aliphatic rings. The molecule has 0 fully saturated rings. The molecule has 0 aliphatic carbocycles. The van der Waals surface area contributed by atoms with Crippen molar-refractivity contribution in [3.8, 4) is 11.1 Å². The van der Waals surface area contributed by atoms with Gasteiger partial charge in [0.05, 0.1) is 0 Å². The molecule has 0 spiro atoms.